The number of aryl methyl sites for hydroxylation is 1. The summed E-state index contributed by atoms with van der Waals surface area (Å²) in [6, 6.07) is 12.6. The van der Waals surface area contributed by atoms with Gasteiger partial charge in [-0.05, 0) is 60.1 Å². The molecule has 116 valence electrons. The van der Waals surface area contributed by atoms with Crippen LogP contribution < -0.4 is 10.1 Å². The lowest BCUT2D eigenvalue weighted by molar-refractivity contribution is -0.121. The maximum Gasteiger partial charge on any atom is 0.220 e. The first-order valence-corrected chi connectivity index (χ1v) is 8.08. The normalized spacial score (nSPS) is 14.0. The molecule has 22 heavy (non-hydrogen) atoms. The minimum Gasteiger partial charge on any atom is -0.497 e. The average molecular weight is 297 g/mol. The van der Waals surface area contributed by atoms with Crippen molar-refractivity contribution in [2.45, 2.75) is 32.1 Å². The van der Waals surface area contributed by atoms with Gasteiger partial charge in [-0.2, -0.15) is 0 Å². The van der Waals surface area contributed by atoms with Crippen molar-refractivity contribution < 1.29 is 9.53 Å². The topological polar surface area (TPSA) is 38.3 Å². The summed E-state index contributed by atoms with van der Waals surface area (Å²) in [6.45, 7) is 0.756. The summed E-state index contributed by atoms with van der Waals surface area (Å²) >= 11 is 0. The van der Waals surface area contributed by atoms with Crippen LogP contribution >= 0.6 is 0 Å². The van der Waals surface area contributed by atoms with Crippen LogP contribution in [0.1, 0.15) is 31.2 Å². The highest BCUT2D eigenvalue weighted by molar-refractivity contribution is 5.87. The quantitative estimate of drug-likeness (QED) is 0.791. The van der Waals surface area contributed by atoms with E-state index in [9.17, 15) is 4.79 Å². The molecule has 0 aliphatic heterocycles. The van der Waals surface area contributed by atoms with E-state index in [2.05, 4.69) is 35.6 Å². The number of nitrogens with one attached hydrogen (secondary N) is 1. The molecule has 1 saturated carbocycles. The molecular weight excluding hydrogens is 274 g/mol. The van der Waals surface area contributed by atoms with Crippen LogP contribution in [0.4, 0.5) is 0 Å². The van der Waals surface area contributed by atoms with Crippen molar-refractivity contribution in [3.8, 4) is 5.75 Å². The Morgan fingerprint density at radius 3 is 2.91 bits per heavy atom. The summed E-state index contributed by atoms with van der Waals surface area (Å²) in [5.41, 5.74) is 1.31. The van der Waals surface area contributed by atoms with E-state index in [4.69, 9.17) is 4.74 Å². The summed E-state index contributed by atoms with van der Waals surface area (Å²) in [7, 11) is 1.69. The van der Waals surface area contributed by atoms with E-state index in [1.165, 1.54) is 29.2 Å². The lowest BCUT2D eigenvalue weighted by atomic mass is 10.0. The first-order chi connectivity index (χ1) is 10.8. The Morgan fingerprint density at radius 1 is 1.27 bits per heavy atom. The van der Waals surface area contributed by atoms with E-state index < -0.39 is 0 Å². The van der Waals surface area contributed by atoms with Crippen LogP contribution in [0.2, 0.25) is 0 Å². The van der Waals surface area contributed by atoms with E-state index in [0.29, 0.717) is 12.3 Å². The molecule has 1 fully saturated rings. The van der Waals surface area contributed by atoms with Crippen LogP contribution in [0, 0.1) is 5.92 Å². The van der Waals surface area contributed by atoms with Crippen molar-refractivity contribution >= 4 is 16.7 Å². The van der Waals surface area contributed by atoms with E-state index in [1.807, 2.05) is 6.07 Å². The molecule has 2 aromatic rings. The van der Waals surface area contributed by atoms with Crippen molar-refractivity contribution in [3.05, 3.63) is 42.0 Å². The fourth-order valence-corrected chi connectivity index (χ4v) is 2.82. The Bertz CT molecular complexity index is 662. The van der Waals surface area contributed by atoms with Crippen molar-refractivity contribution in [1.82, 2.24) is 5.32 Å². The van der Waals surface area contributed by atoms with Gasteiger partial charge in [0.05, 0.1) is 7.11 Å². The lowest BCUT2D eigenvalue weighted by Crippen LogP contribution is -2.24. The minimum absolute atomic E-state index is 0.210. The molecule has 2 aromatic carbocycles. The summed E-state index contributed by atoms with van der Waals surface area (Å²) in [6.07, 6.45) is 5.10. The molecule has 3 nitrogen and oxygen atoms in total. The third-order valence-electron chi connectivity index (χ3n) is 4.30. The molecule has 0 unspecified atom stereocenters. The van der Waals surface area contributed by atoms with Crippen LogP contribution in [-0.4, -0.2) is 19.6 Å². The number of carbonyl (C=O) groups is 1. The Balaban J connectivity index is 1.57. The van der Waals surface area contributed by atoms with Gasteiger partial charge in [-0.25, -0.2) is 0 Å². The lowest BCUT2D eigenvalue weighted by Gasteiger charge is -2.09. The number of fused-ring (bicyclic) bond motifs is 1. The molecule has 0 spiro atoms. The third kappa shape index (κ3) is 3.79. The first-order valence-electron chi connectivity index (χ1n) is 8.08. The molecular formula is C19H23NO2. The van der Waals surface area contributed by atoms with Gasteiger partial charge in [0, 0.05) is 13.0 Å². The second-order valence-corrected chi connectivity index (χ2v) is 6.11. The highest BCUT2D eigenvalue weighted by Gasteiger charge is 2.23. The predicted octanol–water partition coefficient (Wildman–Crippen LogP) is 3.70. The summed E-state index contributed by atoms with van der Waals surface area (Å²) in [4.78, 5) is 11.7. The van der Waals surface area contributed by atoms with Gasteiger partial charge in [0.25, 0.3) is 0 Å². The van der Waals surface area contributed by atoms with Crippen LogP contribution in [0.15, 0.2) is 36.4 Å². The fraction of sp³-hybridized carbons (Fsp3) is 0.421. The minimum atomic E-state index is 0.210. The van der Waals surface area contributed by atoms with Gasteiger partial charge < -0.3 is 10.1 Å². The second-order valence-electron chi connectivity index (χ2n) is 6.11. The Morgan fingerprint density at radius 2 is 2.14 bits per heavy atom. The summed E-state index contributed by atoms with van der Waals surface area (Å²) in [5, 5.41) is 5.51. The van der Waals surface area contributed by atoms with E-state index in [1.54, 1.807) is 7.11 Å². The maximum atomic E-state index is 11.7. The van der Waals surface area contributed by atoms with Gasteiger partial charge >= 0.3 is 0 Å². The summed E-state index contributed by atoms with van der Waals surface area (Å²) in [5.74, 6) is 1.75. The highest BCUT2D eigenvalue weighted by Crippen LogP contribution is 2.32. The largest absolute Gasteiger partial charge is 0.497 e. The molecule has 1 aliphatic rings. The zero-order valence-electron chi connectivity index (χ0n) is 13.1. The van der Waals surface area contributed by atoms with Gasteiger partial charge in [0.15, 0.2) is 0 Å². The monoisotopic (exact) mass is 297 g/mol. The molecule has 1 aliphatic carbocycles. The van der Waals surface area contributed by atoms with E-state index >= 15 is 0 Å². The Kier molecular flexibility index (Phi) is 4.62. The molecule has 1 N–H and O–H groups in total. The molecule has 0 radical (unpaired) electrons. The van der Waals surface area contributed by atoms with Gasteiger partial charge in [-0.15, -0.1) is 0 Å². The number of benzene rings is 2. The van der Waals surface area contributed by atoms with Crippen molar-refractivity contribution in [2.24, 2.45) is 5.92 Å². The fourth-order valence-electron chi connectivity index (χ4n) is 2.82. The Labute approximate surface area is 131 Å². The number of rotatable bonds is 7. The molecule has 1 amide bonds. The zero-order chi connectivity index (χ0) is 15.4. The third-order valence-corrected chi connectivity index (χ3v) is 4.30. The molecule has 0 atom stereocenters. The van der Waals surface area contributed by atoms with Crippen molar-refractivity contribution in [1.29, 1.82) is 0 Å². The molecule has 0 bridgehead atoms. The van der Waals surface area contributed by atoms with Gasteiger partial charge in [0.1, 0.15) is 5.75 Å². The average Bonchev–Trinajstić information content (AvgIpc) is 3.35. The molecule has 3 rings (SSSR count). The van der Waals surface area contributed by atoms with Crippen molar-refractivity contribution in [2.75, 3.05) is 13.7 Å². The van der Waals surface area contributed by atoms with Crippen molar-refractivity contribution in [3.63, 3.8) is 0 Å². The zero-order valence-corrected chi connectivity index (χ0v) is 13.1. The van der Waals surface area contributed by atoms with Crippen LogP contribution in [0.25, 0.3) is 10.8 Å². The predicted molar refractivity (Wildman–Crippen MR) is 89.2 cm³/mol. The number of carbonyl (C=O) groups excluding carboxylic acids is 1. The number of amides is 1. The molecule has 3 heteroatoms. The summed E-state index contributed by atoms with van der Waals surface area (Å²) < 4.78 is 5.32. The van der Waals surface area contributed by atoms with Gasteiger partial charge in [-0.1, -0.05) is 24.3 Å². The standard InChI is InChI=1S/C19H23NO2/c1-22-17-10-9-16-5-2-4-15(18(16)13-17)6-3-11-20-19(21)12-14-7-8-14/h2,4-5,9-10,13-14H,3,6-8,11-12H2,1H3,(H,20,21). The molecule has 0 heterocycles. The first kappa shape index (κ1) is 14.9. The van der Waals surface area contributed by atoms with Crippen LogP contribution in [0.5, 0.6) is 5.75 Å². The second kappa shape index (κ2) is 6.82. The van der Waals surface area contributed by atoms with Crippen LogP contribution in [-0.2, 0) is 11.2 Å². The number of methoxy groups -OCH3 is 1. The Hall–Kier alpha value is -2.03. The number of hydrogen-bond acceptors (Lipinski definition) is 2. The maximum absolute atomic E-state index is 11.7. The van der Waals surface area contributed by atoms with E-state index in [-0.39, 0.29) is 5.91 Å². The van der Waals surface area contributed by atoms with Gasteiger partial charge in [-0.3, -0.25) is 4.79 Å². The van der Waals surface area contributed by atoms with E-state index in [0.717, 1.165) is 25.1 Å². The number of hydrogen-bond donors (Lipinski definition) is 1. The molecule has 0 saturated heterocycles. The van der Waals surface area contributed by atoms with Gasteiger partial charge in [0.2, 0.25) is 5.91 Å². The van der Waals surface area contributed by atoms with Crippen LogP contribution in [0.3, 0.4) is 0 Å². The SMILES string of the molecule is COc1ccc2cccc(CCCNC(=O)CC3CC3)c2c1. The highest BCUT2D eigenvalue weighted by atomic mass is 16.5. The smallest absolute Gasteiger partial charge is 0.220 e. The number of ether oxygens (including phenoxy) is 1. The molecule has 0 aromatic heterocycles.